The minimum Gasteiger partial charge on any atom is -0.444 e. The van der Waals surface area contributed by atoms with Crippen LogP contribution in [0.5, 0.6) is 0 Å². The van der Waals surface area contributed by atoms with Crippen molar-refractivity contribution in [2.45, 2.75) is 54.1 Å². The van der Waals surface area contributed by atoms with Gasteiger partial charge in [0.2, 0.25) is 0 Å². The highest BCUT2D eigenvalue weighted by Crippen LogP contribution is 2.09. The lowest BCUT2D eigenvalue weighted by molar-refractivity contribution is 0.0260. The van der Waals surface area contributed by atoms with Gasteiger partial charge in [-0.15, -0.1) is 0 Å². The summed E-state index contributed by atoms with van der Waals surface area (Å²) in [6, 6.07) is 12.0. The zero-order valence-electron chi connectivity index (χ0n) is 12.8. The van der Waals surface area contributed by atoms with Gasteiger partial charge in [0.25, 0.3) is 0 Å². The van der Waals surface area contributed by atoms with E-state index >= 15 is 0 Å². The molecule has 1 amide bonds. The number of rotatable bonds is 3. The number of hydrogen-bond donors (Lipinski definition) is 0. The highest BCUT2D eigenvalue weighted by Gasteiger charge is 2.19. The van der Waals surface area contributed by atoms with Gasteiger partial charge >= 0.3 is 6.09 Å². The van der Waals surface area contributed by atoms with Gasteiger partial charge in [0.1, 0.15) is 5.60 Å². The van der Waals surface area contributed by atoms with Crippen LogP contribution in [0.3, 0.4) is 0 Å². The molecule has 20 heavy (non-hydrogen) atoms. The highest BCUT2D eigenvalue weighted by atomic mass is 16.6. The fourth-order valence-electron chi connectivity index (χ4n) is 1.36. The zero-order chi connectivity index (χ0) is 14.7. The second kappa shape index (κ2) is 11.3. The molecule has 0 heterocycles. The van der Waals surface area contributed by atoms with E-state index in [1.54, 1.807) is 4.90 Å². The fourth-order valence-corrected chi connectivity index (χ4v) is 1.36. The van der Waals surface area contributed by atoms with E-state index in [4.69, 9.17) is 4.74 Å². The van der Waals surface area contributed by atoms with Crippen molar-refractivity contribution in [3.05, 3.63) is 36.4 Å². The van der Waals surface area contributed by atoms with E-state index in [-0.39, 0.29) is 13.5 Å². The molecule has 0 N–H and O–H groups in total. The third-order valence-corrected chi connectivity index (χ3v) is 2.19. The van der Waals surface area contributed by atoms with E-state index in [1.165, 1.54) is 0 Å². The van der Waals surface area contributed by atoms with Crippen molar-refractivity contribution in [3.63, 3.8) is 0 Å². The Hall–Kier alpha value is -1.51. The maximum atomic E-state index is 11.5. The average molecular weight is 281 g/mol. The van der Waals surface area contributed by atoms with Crippen LogP contribution < -0.4 is 0 Å². The first-order valence-corrected chi connectivity index (χ1v) is 6.88. The molecule has 0 atom stereocenters. The van der Waals surface area contributed by atoms with Crippen LogP contribution in [0.4, 0.5) is 4.79 Å². The quantitative estimate of drug-likeness (QED) is 0.782. The maximum Gasteiger partial charge on any atom is 0.410 e. The van der Waals surface area contributed by atoms with Gasteiger partial charge in [-0.1, -0.05) is 50.7 Å². The molecule has 0 aliphatic carbocycles. The fraction of sp³-hybridized carbons (Fsp3) is 0.588. The molecule has 0 unspecified atom stereocenters. The number of nitrogens with zero attached hydrogens (tertiary/aromatic N) is 1. The van der Waals surface area contributed by atoms with Crippen molar-refractivity contribution in [2.75, 3.05) is 13.1 Å². The van der Waals surface area contributed by atoms with Crippen LogP contribution in [0.15, 0.2) is 36.4 Å². The van der Waals surface area contributed by atoms with E-state index in [9.17, 15) is 4.79 Å². The van der Waals surface area contributed by atoms with Gasteiger partial charge in [0.15, 0.2) is 0 Å². The monoisotopic (exact) mass is 281 g/mol. The van der Waals surface area contributed by atoms with Crippen LogP contribution in [-0.4, -0.2) is 29.7 Å². The number of ether oxygens (including phenoxy) is 1. The molecule has 0 bridgehead atoms. The van der Waals surface area contributed by atoms with E-state index in [1.807, 2.05) is 71.0 Å². The molecule has 1 aromatic carbocycles. The lowest BCUT2D eigenvalue weighted by Crippen LogP contribution is -2.37. The molecule has 0 fully saturated rings. The van der Waals surface area contributed by atoms with Crippen LogP contribution in [0.25, 0.3) is 0 Å². The molecule has 3 heteroatoms. The van der Waals surface area contributed by atoms with Gasteiger partial charge < -0.3 is 9.64 Å². The third-order valence-electron chi connectivity index (χ3n) is 2.19. The van der Waals surface area contributed by atoms with Crippen LogP contribution in [0, 0.1) is 0 Å². The molecule has 0 saturated heterocycles. The van der Waals surface area contributed by atoms with Crippen molar-refractivity contribution < 1.29 is 9.53 Å². The van der Waals surface area contributed by atoms with Crippen LogP contribution in [0.1, 0.15) is 48.5 Å². The summed E-state index contributed by atoms with van der Waals surface area (Å²) in [5.74, 6) is 0. The second-order valence-corrected chi connectivity index (χ2v) is 5.21. The molecule has 0 aliphatic heterocycles. The first-order valence-electron chi connectivity index (χ1n) is 6.88. The van der Waals surface area contributed by atoms with E-state index < -0.39 is 5.60 Å². The summed E-state index contributed by atoms with van der Waals surface area (Å²) < 4.78 is 5.23. The van der Waals surface area contributed by atoms with E-state index in [0.29, 0.717) is 6.54 Å². The summed E-state index contributed by atoms with van der Waals surface area (Å²) in [6.07, 6.45) is 0.754. The first kappa shape index (κ1) is 20.8. The summed E-state index contributed by atoms with van der Waals surface area (Å²) in [4.78, 5) is 13.2. The molecule has 3 nitrogen and oxygen atoms in total. The molecule has 0 saturated carbocycles. The first-order chi connectivity index (χ1) is 8.90. The standard InChI is InChI=1S/C10H21NO2.C6H6.CH4/c1-6-8-11(7-2)9(12)13-10(3,4)5;1-2-4-6-5-3-1;/h6-8H2,1-5H3;1-6H;1H4. The molecule has 0 radical (unpaired) electrons. The predicted octanol–water partition coefficient (Wildman–Crippen LogP) is 4.98. The summed E-state index contributed by atoms with van der Waals surface area (Å²) in [6.45, 7) is 11.1. The minimum atomic E-state index is -0.391. The Bertz CT molecular complexity index is 304. The summed E-state index contributed by atoms with van der Waals surface area (Å²) in [5, 5.41) is 0. The van der Waals surface area contributed by atoms with Gasteiger partial charge in [-0.05, 0) is 34.1 Å². The topological polar surface area (TPSA) is 29.5 Å². The Kier molecular flexibility index (Phi) is 11.8. The number of carbonyl (C=O) groups excluding carboxylic acids is 1. The van der Waals surface area contributed by atoms with Crippen LogP contribution in [-0.2, 0) is 4.74 Å². The number of amides is 1. The van der Waals surface area contributed by atoms with Crippen molar-refractivity contribution in [1.29, 1.82) is 0 Å². The normalized spacial score (nSPS) is 9.65. The highest BCUT2D eigenvalue weighted by molar-refractivity contribution is 5.67. The molecular weight excluding hydrogens is 250 g/mol. The van der Waals surface area contributed by atoms with Crippen LogP contribution in [0.2, 0.25) is 0 Å². The summed E-state index contributed by atoms with van der Waals surface area (Å²) in [7, 11) is 0. The van der Waals surface area contributed by atoms with Gasteiger partial charge in [-0.2, -0.15) is 0 Å². The maximum absolute atomic E-state index is 11.5. The molecule has 0 spiro atoms. The molecule has 1 rings (SSSR count). The van der Waals surface area contributed by atoms with E-state index in [0.717, 1.165) is 13.0 Å². The molecular formula is C17H31NO2. The Morgan fingerprint density at radius 2 is 1.40 bits per heavy atom. The van der Waals surface area contributed by atoms with Crippen LogP contribution >= 0.6 is 0 Å². The lowest BCUT2D eigenvalue weighted by Gasteiger charge is -2.26. The van der Waals surface area contributed by atoms with Gasteiger partial charge in [-0.3, -0.25) is 0 Å². The number of hydrogen-bond acceptors (Lipinski definition) is 2. The van der Waals surface area contributed by atoms with Crippen molar-refractivity contribution in [3.8, 4) is 0 Å². The third kappa shape index (κ3) is 11.6. The number of benzene rings is 1. The average Bonchev–Trinajstić information content (AvgIpc) is 2.36. The van der Waals surface area contributed by atoms with Crippen molar-refractivity contribution >= 4 is 6.09 Å². The molecule has 0 aliphatic rings. The van der Waals surface area contributed by atoms with Crippen molar-refractivity contribution in [2.24, 2.45) is 0 Å². The second-order valence-electron chi connectivity index (χ2n) is 5.21. The van der Waals surface area contributed by atoms with Gasteiger partial charge in [-0.25, -0.2) is 4.79 Å². The van der Waals surface area contributed by atoms with Crippen molar-refractivity contribution in [1.82, 2.24) is 4.90 Å². The zero-order valence-corrected chi connectivity index (χ0v) is 12.8. The lowest BCUT2D eigenvalue weighted by atomic mass is 10.2. The predicted molar refractivity (Wildman–Crippen MR) is 86.9 cm³/mol. The molecule has 1 aromatic rings. The SMILES string of the molecule is C.CCCN(CC)C(=O)OC(C)(C)C.c1ccccc1. The largest absolute Gasteiger partial charge is 0.444 e. The Balaban J connectivity index is 0. The number of carbonyl (C=O) groups is 1. The van der Waals surface area contributed by atoms with Gasteiger partial charge in [0.05, 0.1) is 0 Å². The summed E-state index contributed by atoms with van der Waals surface area (Å²) >= 11 is 0. The Labute approximate surface area is 124 Å². The van der Waals surface area contributed by atoms with Gasteiger partial charge in [0, 0.05) is 13.1 Å². The Morgan fingerprint density at radius 1 is 1.00 bits per heavy atom. The molecule has 0 aromatic heterocycles. The summed E-state index contributed by atoms with van der Waals surface area (Å²) in [5.41, 5.74) is -0.391. The smallest absolute Gasteiger partial charge is 0.410 e. The Morgan fingerprint density at radius 3 is 1.65 bits per heavy atom. The van der Waals surface area contributed by atoms with E-state index in [2.05, 4.69) is 0 Å². The molecule has 116 valence electrons. The minimum absolute atomic E-state index is 0.